The van der Waals surface area contributed by atoms with Crippen LogP contribution < -0.4 is 10.1 Å². The number of rotatable bonds is 5. The molecule has 1 saturated heterocycles. The van der Waals surface area contributed by atoms with Gasteiger partial charge >= 0.3 is 5.97 Å². The highest BCUT2D eigenvalue weighted by Gasteiger charge is 2.16. The Hall–Kier alpha value is -1.59. The third-order valence-corrected chi connectivity index (χ3v) is 3.63. The SMILES string of the molecule is COC(=O)C(C)Oc1ccc(CN2CCN[C@@H](C)C2)cc1. The maximum Gasteiger partial charge on any atom is 0.346 e. The fraction of sp³-hybridized carbons (Fsp3) is 0.562. The Morgan fingerprint density at radius 2 is 2.14 bits per heavy atom. The number of hydrogen-bond acceptors (Lipinski definition) is 5. The van der Waals surface area contributed by atoms with E-state index >= 15 is 0 Å². The van der Waals surface area contributed by atoms with Crippen LogP contribution in [0.1, 0.15) is 19.4 Å². The van der Waals surface area contributed by atoms with E-state index in [0.717, 1.165) is 26.2 Å². The number of nitrogens with zero attached hydrogens (tertiary/aromatic N) is 1. The van der Waals surface area contributed by atoms with Gasteiger partial charge in [-0.3, -0.25) is 4.90 Å². The first kappa shape index (κ1) is 15.8. The van der Waals surface area contributed by atoms with Gasteiger partial charge in [-0.25, -0.2) is 4.79 Å². The summed E-state index contributed by atoms with van der Waals surface area (Å²) in [7, 11) is 1.36. The summed E-state index contributed by atoms with van der Waals surface area (Å²) in [5.74, 6) is 0.319. The maximum atomic E-state index is 11.3. The number of ether oxygens (including phenoxy) is 2. The molecule has 0 aromatic heterocycles. The first-order valence-corrected chi connectivity index (χ1v) is 7.37. The van der Waals surface area contributed by atoms with Crippen molar-refractivity contribution in [1.29, 1.82) is 0 Å². The molecule has 0 bridgehead atoms. The van der Waals surface area contributed by atoms with Gasteiger partial charge in [-0.15, -0.1) is 0 Å². The van der Waals surface area contributed by atoms with Crippen LogP contribution in [-0.4, -0.2) is 49.8 Å². The van der Waals surface area contributed by atoms with Crippen LogP contribution in [0, 0.1) is 0 Å². The summed E-state index contributed by atoms with van der Waals surface area (Å²) in [4.78, 5) is 13.8. The van der Waals surface area contributed by atoms with Crippen LogP contribution in [0.5, 0.6) is 5.75 Å². The molecule has 0 amide bonds. The summed E-state index contributed by atoms with van der Waals surface area (Å²) in [6, 6.07) is 8.45. The zero-order valence-corrected chi connectivity index (χ0v) is 13.0. The Balaban J connectivity index is 1.88. The fourth-order valence-corrected chi connectivity index (χ4v) is 2.51. The van der Waals surface area contributed by atoms with E-state index < -0.39 is 6.10 Å². The Kier molecular flexibility index (Phi) is 5.59. The maximum absolute atomic E-state index is 11.3. The number of carbonyl (C=O) groups is 1. The van der Waals surface area contributed by atoms with Crippen LogP contribution in [-0.2, 0) is 16.1 Å². The molecule has 1 N–H and O–H groups in total. The van der Waals surface area contributed by atoms with Crippen LogP contribution in [0.25, 0.3) is 0 Å². The molecule has 116 valence electrons. The van der Waals surface area contributed by atoms with Crippen molar-refractivity contribution < 1.29 is 14.3 Å². The van der Waals surface area contributed by atoms with Crippen molar-refractivity contribution >= 4 is 5.97 Å². The van der Waals surface area contributed by atoms with Gasteiger partial charge in [-0.1, -0.05) is 12.1 Å². The van der Waals surface area contributed by atoms with Crippen molar-refractivity contribution in [3.63, 3.8) is 0 Å². The Labute approximate surface area is 126 Å². The molecule has 2 atom stereocenters. The number of carbonyl (C=O) groups excluding carboxylic acids is 1. The summed E-state index contributed by atoms with van der Waals surface area (Å²) in [5.41, 5.74) is 1.25. The Morgan fingerprint density at radius 1 is 1.43 bits per heavy atom. The number of esters is 1. The molecule has 1 aliphatic rings. The van der Waals surface area contributed by atoms with Gasteiger partial charge in [-0.2, -0.15) is 0 Å². The van der Waals surface area contributed by atoms with Gasteiger partial charge < -0.3 is 14.8 Å². The Morgan fingerprint density at radius 3 is 2.76 bits per heavy atom. The van der Waals surface area contributed by atoms with Gasteiger partial charge in [0.2, 0.25) is 0 Å². The van der Waals surface area contributed by atoms with Crippen molar-refractivity contribution in [2.75, 3.05) is 26.7 Å². The zero-order chi connectivity index (χ0) is 15.2. The molecule has 5 nitrogen and oxygen atoms in total. The van der Waals surface area contributed by atoms with Crippen molar-refractivity contribution in [1.82, 2.24) is 10.2 Å². The normalized spacial score (nSPS) is 20.8. The molecule has 0 spiro atoms. The minimum atomic E-state index is -0.588. The van der Waals surface area contributed by atoms with Gasteiger partial charge in [0.1, 0.15) is 5.75 Å². The van der Waals surface area contributed by atoms with E-state index in [-0.39, 0.29) is 5.97 Å². The van der Waals surface area contributed by atoms with Crippen molar-refractivity contribution in [2.24, 2.45) is 0 Å². The van der Waals surface area contributed by atoms with E-state index in [1.165, 1.54) is 12.7 Å². The summed E-state index contributed by atoms with van der Waals surface area (Å²) < 4.78 is 10.2. The van der Waals surface area contributed by atoms with Crippen LogP contribution in [0.4, 0.5) is 0 Å². The number of piperazine rings is 1. The molecule has 1 aromatic carbocycles. The second kappa shape index (κ2) is 7.43. The quantitative estimate of drug-likeness (QED) is 0.832. The molecular weight excluding hydrogens is 268 g/mol. The van der Waals surface area contributed by atoms with E-state index in [2.05, 4.69) is 21.9 Å². The molecule has 1 aromatic rings. The number of methoxy groups -OCH3 is 1. The monoisotopic (exact) mass is 292 g/mol. The third kappa shape index (κ3) is 4.72. The highest BCUT2D eigenvalue weighted by Crippen LogP contribution is 2.16. The number of hydrogen-bond donors (Lipinski definition) is 1. The van der Waals surface area contributed by atoms with E-state index in [9.17, 15) is 4.79 Å². The molecule has 1 aliphatic heterocycles. The second-order valence-electron chi connectivity index (χ2n) is 5.52. The van der Waals surface area contributed by atoms with Crippen molar-refractivity contribution in [3.8, 4) is 5.75 Å². The highest BCUT2D eigenvalue weighted by atomic mass is 16.6. The predicted octanol–water partition coefficient (Wildman–Crippen LogP) is 1.42. The average molecular weight is 292 g/mol. The van der Waals surface area contributed by atoms with Gasteiger partial charge in [0, 0.05) is 32.2 Å². The lowest BCUT2D eigenvalue weighted by Crippen LogP contribution is -2.48. The fourth-order valence-electron chi connectivity index (χ4n) is 2.51. The lowest BCUT2D eigenvalue weighted by Gasteiger charge is -2.31. The topological polar surface area (TPSA) is 50.8 Å². The number of benzene rings is 1. The highest BCUT2D eigenvalue weighted by molar-refractivity contribution is 5.74. The van der Waals surface area contributed by atoms with E-state index in [0.29, 0.717) is 11.8 Å². The summed E-state index contributed by atoms with van der Waals surface area (Å²) in [5, 5.41) is 3.44. The Bertz CT molecular complexity index is 461. The van der Waals surface area contributed by atoms with Gasteiger partial charge in [0.25, 0.3) is 0 Å². The molecule has 1 unspecified atom stereocenters. The molecule has 0 saturated carbocycles. The molecule has 1 heterocycles. The van der Waals surface area contributed by atoms with Gasteiger partial charge in [0.05, 0.1) is 7.11 Å². The lowest BCUT2D eigenvalue weighted by molar-refractivity contribution is -0.147. The van der Waals surface area contributed by atoms with Crippen molar-refractivity contribution in [3.05, 3.63) is 29.8 Å². The first-order valence-electron chi connectivity index (χ1n) is 7.37. The lowest BCUT2D eigenvalue weighted by atomic mass is 10.1. The smallest absolute Gasteiger partial charge is 0.346 e. The molecule has 0 radical (unpaired) electrons. The second-order valence-corrected chi connectivity index (χ2v) is 5.52. The van der Waals surface area contributed by atoms with Crippen molar-refractivity contribution in [2.45, 2.75) is 32.5 Å². The van der Waals surface area contributed by atoms with Crippen LogP contribution >= 0.6 is 0 Å². The van der Waals surface area contributed by atoms with E-state index in [1.54, 1.807) is 6.92 Å². The van der Waals surface area contributed by atoms with Gasteiger partial charge in [0.15, 0.2) is 6.10 Å². The third-order valence-electron chi connectivity index (χ3n) is 3.63. The standard InChI is InChI=1S/C16H24N2O3/c1-12-10-18(9-8-17-12)11-14-4-6-15(7-5-14)21-13(2)16(19)20-3/h4-7,12-13,17H,8-11H2,1-3H3/t12-,13?/m0/s1. The summed E-state index contributed by atoms with van der Waals surface area (Å²) in [6.45, 7) is 8.01. The molecule has 2 rings (SSSR count). The average Bonchev–Trinajstić information content (AvgIpc) is 2.48. The largest absolute Gasteiger partial charge is 0.479 e. The van der Waals surface area contributed by atoms with Crippen LogP contribution in [0.2, 0.25) is 0 Å². The molecule has 21 heavy (non-hydrogen) atoms. The summed E-state index contributed by atoms with van der Waals surface area (Å²) in [6.07, 6.45) is -0.588. The molecule has 5 heteroatoms. The van der Waals surface area contributed by atoms with Crippen LogP contribution in [0.3, 0.4) is 0 Å². The summed E-state index contributed by atoms with van der Waals surface area (Å²) >= 11 is 0. The molecular formula is C16H24N2O3. The minimum Gasteiger partial charge on any atom is -0.479 e. The van der Waals surface area contributed by atoms with Gasteiger partial charge in [-0.05, 0) is 31.5 Å². The van der Waals surface area contributed by atoms with E-state index in [1.807, 2.05) is 24.3 Å². The molecule has 0 aliphatic carbocycles. The molecule has 1 fully saturated rings. The zero-order valence-electron chi connectivity index (χ0n) is 13.0. The minimum absolute atomic E-state index is 0.367. The van der Waals surface area contributed by atoms with Crippen LogP contribution in [0.15, 0.2) is 24.3 Å². The van der Waals surface area contributed by atoms with E-state index in [4.69, 9.17) is 4.74 Å². The first-order chi connectivity index (χ1) is 10.1. The number of nitrogens with one attached hydrogen (secondary N) is 1. The predicted molar refractivity (Wildman–Crippen MR) is 81.3 cm³/mol.